The van der Waals surface area contributed by atoms with Crippen LogP contribution < -0.4 is 4.74 Å². The van der Waals surface area contributed by atoms with Gasteiger partial charge in [-0.25, -0.2) is 0 Å². The van der Waals surface area contributed by atoms with E-state index in [1.807, 2.05) is 30.3 Å². The van der Waals surface area contributed by atoms with Crippen molar-refractivity contribution in [2.75, 3.05) is 20.7 Å². The van der Waals surface area contributed by atoms with E-state index in [1.165, 1.54) is 16.6 Å². The quantitative estimate of drug-likeness (QED) is 0.577. The molecule has 0 saturated carbocycles. The summed E-state index contributed by atoms with van der Waals surface area (Å²) in [6.07, 6.45) is 2.08. The lowest BCUT2D eigenvalue weighted by atomic mass is 9.96. The van der Waals surface area contributed by atoms with Crippen molar-refractivity contribution < 1.29 is 4.74 Å². The van der Waals surface area contributed by atoms with Gasteiger partial charge in [-0.3, -0.25) is 9.47 Å². The van der Waals surface area contributed by atoms with Gasteiger partial charge < -0.3 is 4.74 Å². The maximum absolute atomic E-state index is 6.30. The number of aromatic nitrogens is 1. The first-order valence-electron chi connectivity index (χ1n) is 9.31. The Morgan fingerprint density at radius 3 is 2.67 bits per heavy atom. The number of methoxy groups -OCH3 is 1. The van der Waals surface area contributed by atoms with Crippen LogP contribution in [0.5, 0.6) is 5.75 Å². The van der Waals surface area contributed by atoms with Gasteiger partial charge >= 0.3 is 0 Å². The van der Waals surface area contributed by atoms with Crippen LogP contribution in [0.2, 0.25) is 5.02 Å². The monoisotopic (exact) mass is 378 g/mol. The first kappa shape index (κ1) is 18.0. The maximum Gasteiger partial charge on any atom is 0.118 e. The average molecular weight is 379 g/mol. The second-order valence-electron chi connectivity index (χ2n) is 6.98. The SMILES string of the molecule is CCC1c2c(c3cc(Cl)ccc3n2C#Cc2ccc(OC)cc2)CCN1C. The van der Waals surface area contributed by atoms with Crippen LogP contribution in [-0.2, 0) is 6.42 Å². The van der Waals surface area contributed by atoms with Crippen LogP contribution in [0.15, 0.2) is 42.5 Å². The lowest BCUT2D eigenvalue weighted by Crippen LogP contribution is -2.32. The number of halogens is 1. The van der Waals surface area contributed by atoms with E-state index in [-0.39, 0.29) is 0 Å². The number of nitrogens with zero attached hydrogens (tertiary/aromatic N) is 2. The highest BCUT2D eigenvalue weighted by Crippen LogP contribution is 2.38. The van der Waals surface area contributed by atoms with Gasteiger partial charge in [0.05, 0.1) is 24.4 Å². The van der Waals surface area contributed by atoms with Gasteiger partial charge in [-0.2, -0.15) is 0 Å². The molecule has 0 aliphatic carbocycles. The van der Waals surface area contributed by atoms with E-state index in [0.29, 0.717) is 6.04 Å². The molecule has 1 aliphatic rings. The fourth-order valence-electron chi connectivity index (χ4n) is 4.03. The van der Waals surface area contributed by atoms with Crippen molar-refractivity contribution in [1.29, 1.82) is 0 Å². The van der Waals surface area contributed by atoms with Crippen LogP contribution in [0, 0.1) is 12.0 Å². The zero-order valence-electron chi connectivity index (χ0n) is 15.9. The fraction of sp³-hybridized carbons (Fsp3) is 0.304. The Morgan fingerprint density at radius 2 is 1.96 bits per heavy atom. The lowest BCUT2D eigenvalue weighted by molar-refractivity contribution is 0.219. The molecule has 0 radical (unpaired) electrons. The molecule has 1 atom stereocenters. The van der Waals surface area contributed by atoms with E-state index in [0.717, 1.165) is 41.2 Å². The molecule has 0 bridgehead atoms. The Hall–Kier alpha value is -2.41. The maximum atomic E-state index is 6.30. The van der Waals surface area contributed by atoms with E-state index in [1.54, 1.807) is 7.11 Å². The molecule has 2 heterocycles. The minimum Gasteiger partial charge on any atom is -0.497 e. The molecule has 27 heavy (non-hydrogen) atoms. The summed E-state index contributed by atoms with van der Waals surface area (Å²) in [6, 6.07) is 17.8. The van der Waals surface area contributed by atoms with Crippen LogP contribution >= 0.6 is 11.6 Å². The number of rotatable bonds is 2. The summed E-state index contributed by atoms with van der Waals surface area (Å²) in [7, 11) is 3.87. The second kappa shape index (κ2) is 7.31. The van der Waals surface area contributed by atoms with Gasteiger partial charge in [-0.05, 0) is 73.8 Å². The Kier molecular flexibility index (Phi) is 4.86. The Morgan fingerprint density at radius 1 is 1.19 bits per heavy atom. The highest BCUT2D eigenvalue weighted by Gasteiger charge is 2.29. The van der Waals surface area contributed by atoms with Gasteiger partial charge in [0, 0.05) is 28.6 Å². The largest absolute Gasteiger partial charge is 0.497 e. The van der Waals surface area contributed by atoms with Crippen molar-refractivity contribution in [3.63, 3.8) is 0 Å². The summed E-state index contributed by atoms with van der Waals surface area (Å²) < 4.78 is 7.41. The van der Waals surface area contributed by atoms with Crippen LogP contribution in [-0.4, -0.2) is 30.2 Å². The number of likely N-dealkylation sites (N-methyl/N-ethyl adjacent to an activating group) is 1. The van der Waals surface area contributed by atoms with Crippen molar-refractivity contribution in [3.05, 3.63) is 64.3 Å². The predicted octanol–water partition coefficient (Wildman–Crippen LogP) is 5.10. The second-order valence-corrected chi connectivity index (χ2v) is 7.42. The molecule has 1 unspecified atom stereocenters. The molecule has 0 saturated heterocycles. The Labute approximate surface area is 165 Å². The normalized spacial score (nSPS) is 16.7. The van der Waals surface area contributed by atoms with Gasteiger partial charge in [0.2, 0.25) is 0 Å². The third-order valence-corrected chi connectivity index (χ3v) is 5.66. The summed E-state index contributed by atoms with van der Waals surface area (Å²) in [5.41, 5.74) is 4.81. The van der Waals surface area contributed by atoms with E-state index < -0.39 is 0 Å². The first-order chi connectivity index (χ1) is 13.1. The lowest BCUT2D eigenvalue weighted by Gasteiger charge is -2.32. The topological polar surface area (TPSA) is 17.4 Å². The molecule has 0 amide bonds. The summed E-state index contributed by atoms with van der Waals surface area (Å²) in [5, 5.41) is 2.01. The minimum absolute atomic E-state index is 0.366. The van der Waals surface area contributed by atoms with Crippen molar-refractivity contribution in [1.82, 2.24) is 9.47 Å². The highest BCUT2D eigenvalue weighted by molar-refractivity contribution is 6.31. The molecule has 138 valence electrons. The van der Waals surface area contributed by atoms with Crippen LogP contribution in [0.4, 0.5) is 0 Å². The number of ether oxygens (including phenoxy) is 1. The minimum atomic E-state index is 0.366. The summed E-state index contributed by atoms with van der Waals surface area (Å²) >= 11 is 6.30. The van der Waals surface area contributed by atoms with E-state index in [4.69, 9.17) is 16.3 Å². The van der Waals surface area contributed by atoms with Crippen molar-refractivity contribution in [2.45, 2.75) is 25.8 Å². The van der Waals surface area contributed by atoms with Crippen molar-refractivity contribution in [2.24, 2.45) is 0 Å². The fourth-order valence-corrected chi connectivity index (χ4v) is 4.21. The summed E-state index contributed by atoms with van der Waals surface area (Å²) in [4.78, 5) is 2.42. The van der Waals surface area contributed by atoms with Gasteiger partial charge in [0.15, 0.2) is 0 Å². The highest BCUT2D eigenvalue weighted by atomic mass is 35.5. The number of hydrogen-bond acceptors (Lipinski definition) is 2. The molecule has 3 aromatic rings. The van der Waals surface area contributed by atoms with Crippen molar-refractivity contribution in [3.8, 4) is 17.7 Å². The molecule has 2 aromatic carbocycles. The molecular weight excluding hydrogens is 356 g/mol. The van der Waals surface area contributed by atoms with E-state index in [2.05, 4.69) is 47.5 Å². The van der Waals surface area contributed by atoms with E-state index >= 15 is 0 Å². The zero-order valence-corrected chi connectivity index (χ0v) is 16.7. The summed E-state index contributed by atoms with van der Waals surface area (Å²) in [6.45, 7) is 3.30. The molecule has 0 N–H and O–H groups in total. The molecule has 0 spiro atoms. The number of hydrogen-bond donors (Lipinski definition) is 0. The number of fused-ring (bicyclic) bond motifs is 3. The van der Waals surface area contributed by atoms with Crippen LogP contribution in [0.3, 0.4) is 0 Å². The molecule has 0 fully saturated rings. The summed E-state index contributed by atoms with van der Waals surface area (Å²) in [5.74, 6) is 4.16. The van der Waals surface area contributed by atoms with E-state index in [9.17, 15) is 0 Å². The number of benzene rings is 2. The van der Waals surface area contributed by atoms with Gasteiger partial charge in [-0.15, -0.1) is 0 Å². The van der Waals surface area contributed by atoms with Gasteiger partial charge in [0.1, 0.15) is 5.75 Å². The zero-order chi connectivity index (χ0) is 19.0. The van der Waals surface area contributed by atoms with Gasteiger partial charge in [-0.1, -0.05) is 18.5 Å². The third-order valence-electron chi connectivity index (χ3n) is 5.43. The predicted molar refractivity (Wildman–Crippen MR) is 112 cm³/mol. The van der Waals surface area contributed by atoms with Gasteiger partial charge in [0.25, 0.3) is 0 Å². The molecule has 4 heteroatoms. The van der Waals surface area contributed by atoms with Crippen LogP contribution in [0.1, 0.15) is 36.2 Å². The smallest absolute Gasteiger partial charge is 0.118 e. The molecule has 1 aromatic heterocycles. The first-order valence-corrected chi connectivity index (χ1v) is 9.69. The van der Waals surface area contributed by atoms with Crippen molar-refractivity contribution >= 4 is 22.5 Å². The molecule has 1 aliphatic heterocycles. The molecular formula is C23H23ClN2O. The average Bonchev–Trinajstić information content (AvgIpc) is 2.99. The van der Waals surface area contributed by atoms with Crippen LogP contribution in [0.25, 0.3) is 10.9 Å². The molecule has 3 nitrogen and oxygen atoms in total. The molecule has 4 rings (SSSR count). The Balaban J connectivity index is 1.89. The standard InChI is InChI=1S/C23H23ClN2O/c1-4-21-23-19(12-13-25(21)2)20-15-17(24)7-10-22(20)26(23)14-11-16-5-8-18(27-3)9-6-16/h5-10,15,21H,4,12-13H2,1-3H3. The third kappa shape index (κ3) is 3.20. The Bertz CT molecular complexity index is 1040.